The Morgan fingerprint density at radius 3 is 2.70 bits per heavy atom. The lowest BCUT2D eigenvalue weighted by molar-refractivity contribution is -0.906. The monoisotopic (exact) mass is 296 g/mol. The third-order valence-corrected chi connectivity index (χ3v) is 4.73. The van der Waals surface area contributed by atoms with E-state index >= 15 is 0 Å². The van der Waals surface area contributed by atoms with Crippen LogP contribution in [0.3, 0.4) is 0 Å². The molecule has 1 fully saturated rings. The van der Waals surface area contributed by atoms with E-state index in [-0.39, 0.29) is 0 Å². The minimum Gasteiger partial charge on any atom is -0.494 e. The summed E-state index contributed by atoms with van der Waals surface area (Å²) >= 11 is 6.00. The Balaban J connectivity index is 1.58. The van der Waals surface area contributed by atoms with Crippen LogP contribution >= 0.6 is 11.6 Å². The SMILES string of the molecule is Cc1cc(OCCCC[NH+]2CCC(C)CC2)ccc1Cl. The first-order chi connectivity index (χ1) is 9.65. The van der Waals surface area contributed by atoms with Gasteiger partial charge in [0.25, 0.3) is 0 Å². The van der Waals surface area contributed by atoms with Gasteiger partial charge in [0.15, 0.2) is 0 Å². The van der Waals surface area contributed by atoms with E-state index in [4.69, 9.17) is 16.3 Å². The van der Waals surface area contributed by atoms with Crippen molar-refractivity contribution in [2.75, 3.05) is 26.2 Å². The van der Waals surface area contributed by atoms with Crippen LogP contribution in [0.15, 0.2) is 18.2 Å². The predicted octanol–water partition coefficient (Wildman–Crippen LogP) is 3.12. The smallest absolute Gasteiger partial charge is 0.119 e. The van der Waals surface area contributed by atoms with Crippen molar-refractivity contribution in [3.63, 3.8) is 0 Å². The van der Waals surface area contributed by atoms with Crippen molar-refractivity contribution >= 4 is 11.6 Å². The number of likely N-dealkylation sites (tertiary alicyclic amines) is 1. The number of hydrogen-bond donors (Lipinski definition) is 1. The Morgan fingerprint density at radius 2 is 2.00 bits per heavy atom. The Kier molecular flexibility index (Phi) is 6.18. The van der Waals surface area contributed by atoms with Crippen molar-refractivity contribution in [3.05, 3.63) is 28.8 Å². The molecule has 1 aliphatic heterocycles. The molecule has 112 valence electrons. The molecule has 2 nitrogen and oxygen atoms in total. The van der Waals surface area contributed by atoms with E-state index in [0.29, 0.717) is 0 Å². The zero-order valence-electron chi connectivity index (χ0n) is 12.8. The molecule has 0 spiro atoms. The maximum atomic E-state index is 6.00. The Bertz CT molecular complexity index is 413. The van der Waals surface area contributed by atoms with Gasteiger partial charge in [-0.3, -0.25) is 0 Å². The molecule has 0 aromatic heterocycles. The molecule has 1 heterocycles. The second kappa shape index (κ2) is 7.90. The summed E-state index contributed by atoms with van der Waals surface area (Å²) in [5.74, 6) is 1.88. The van der Waals surface area contributed by atoms with E-state index in [1.807, 2.05) is 25.1 Å². The van der Waals surface area contributed by atoms with Crippen LogP contribution < -0.4 is 9.64 Å². The van der Waals surface area contributed by atoms with E-state index < -0.39 is 0 Å². The van der Waals surface area contributed by atoms with Crippen molar-refractivity contribution in [2.24, 2.45) is 5.92 Å². The topological polar surface area (TPSA) is 13.7 Å². The van der Waals surface area contributed by atoms with E-state index in [0.717, 1.165) is 35.3 Å². The van der Waals surface area contributed by atoms with Crippen LogP contribution in [0.1, 0.15) is 38.2 Å². The van der Waals surface area contributed by atoms with Gasteiger partial charge >= 0.3 is 0 Å². The number of ether oxygens (including phenoxy) is 1. The van der Waals surface area contributed by atoms with Crippen molar-refractivity contribution < 1.29 is 9.64 Å². The van der Waals surface area contributed by atoms with Gasteiger partial charge in [-0.15, -0.1) is 0 Å². The number of quaternary nitrogens is 1. The molecule has 0 bridgehead atoms. The van der Waals surface area contributed by atoms with Crippen LogP contribution in [-0.4, -0.2) is 26.2 Å². The fourth-order valence-corrected chi connectivity index (χ4v) is 2.91. The highest BCUT2D eigenvalue weighted by Gasteiger charge is 2.17. The quantitative estimate of drug-likeness (QED) is 0.796. The number of halogens is 1. The fourth-order valence-electron chi connectivity index (χ4n) is 2.79. The van der Waals surface area contributed by atoms with Gasteiger partial charge in [-0.1, -0.05) is 18.5 Å². The molecular weight excluding hydrogens is 270 g/mol. The highest BCUT2D eigenvalue weighted by molar-refractivity contribution is 6.31. The lowest BCUT2D eigenvalue weighted by atomic mass is 9.99. The molecule has 0 saturated carbocycles. The molecule has 0 atom stereocenters. The van der Waals surface area contributed by atoms with Crippen molar-refractivity contribution in [1.29, 1.82) is 0 Å². The van der Waals surface area contributed by atoms with Gasteiger partial charge < -0.3 is 9.64 Å². The molecule has 20 heavy (non-hydrogen) atoms. The number of rotatable bonds is 6. The van der Waals surface area contributed by atoms with E-state index in [9.17, 15) is 0 Å². The average Bonchev–Trinajstić information content (AvgIpc) is 2.44. The Hall–Kier alpha value is -0.730. The van der Waals surface area contributed by atoms with Crippen LogP contribution in [0.4, 0.5) is 0 Å². The number of benzene rings is 1. The molecule has 1 aliphatic rings. The largest absolute Gasteiger partial charge is 0.494 e. The van der Waals surface area contributed by atoms with Crippen molar-refractivity contribution in [1.82, 2.24) is 0 Å². The summed E-state index contributed by atoms with van der Waals surface area (Å²) in [7, 11) is 0. The molecular formula is C17H27ClNO+. The predicted molar refractivity (Wildman–Crippen MR) is 84.9 cm³/mol. The molecule has 0 radical (unpaired) electrons. The van der Waals surface area contributed by atoms with Gasteiger partial charge in [-0.05, 0) is 62.3 Å². The van der Waals surface area contributed by atoms with E-state index in [1.165, 1.54) is 38.9 Å². The van der Waals surface area contributed by atoms with Crippen LogP contribution in [-0.2, 0) is 0 Å². The maximum absolute atomic E-state index is 6.00. The molecule has 2 rings (SSSR count). The normalized spacial score (nSPS) is 22.8. The van der Waals surface area contributed by atoms with E-state index in [1.54, 1.807) is 4.90 Å². The number of nitrogens with one attached hydrogen (secondary N) is 1. The van der Waals surface area contributed by atoms with E-state index in [2.05, 4.69) is 6.92 Å². The lowest BCUT2D eigenvalue weighted by Gasteiger charge is -2.27. The summed E-state index contributed by atoms with van der Waals surface area (Å²) in [6.07, 6.45) is 5.20. The Labute approximate surface area is 128 Å². The molecule has 1 saturated heterocycles. The maximum Gasteiger partial charge on any atom is 0.119 e. The minimum absolute atomic E-state index is 0.806. The molecule has 0 amide bonds. The molecule has 3 heteroatoms. The first-order valence-corrected chi connectivity index (χ1v) is 8.25. The standard InChI is InChI=1S/C17H26ClNO/c1-14-7-10-19(11-8-14)9-3-4-12-20-16-5-6-17(18)15(2)13-16/h5-6,13-14H,3-4,7-12H2,1-2H3/p+1. The highest BCUT2D eigenvalue weighted by atomic mass is 35.5. The summed E-state index contributed by atoms with van der Waals surface area (Å²) in [6, 6.07) is 5.87. The third kappa shape index (κ3) is 4.99. The zero-order chi connectivity index (χ0) is 14.4. The molecule has 1 aromatic rings. The summed E-state index contributed by atoms with van der Waals surface area (Å²) in [6.45, 7) is 9.21. The van der Waals surface area contributed by atoms with Crippen LogP contribution in [0.2, 0.25) is 5.02 Å². The molecule has 0 unspecified atom stereocenters. The van der Waals surface area contributed by atoms with Gasteiger partial charge in [-0.25, -0.2) is 0 Å². The first kappa shape index (κ1) is 15.7. The van der Waals surface area contributed by atoms with Crippen LogP contribution in [0.5, 0.6) is 5.75 Å². The van der Waals surface area contributed by atoms with Gasteiger partial charge in [0, 0.05) is 5.02 Å². The minimum atomic E-state index is 0.806. The summed E-state index contributed by atoms with van der Waals surface area (Å²) < 4.78 is 5.78. The number of aryl methyl sites for hydroxylation is 1. The molecule has 0 aliphatic carbocycles. The summed E-state index contributed by atoms with van der Waals surface area (Å²) in [4.78, 5) is 1.78. The molecule has 1 aromatic carbocycles. The Morgan fingerprint density at radius 1 is 1.25 bits per heavy atom. The number of piperidine rings is 1. The second-order valence-corrected chi connectivity index (χ2v) is 6.56. The van der Waals surface area contributed by atoms with Crippen molar-refractivity contribution in [3.8, 4) is 5.75 Å². The molecule has 1 N–H and O–H groups in total. The number of unbranched alkanes of at least 4 members (excludes halogenated alkanes) is 1. The van der Waals surface area contributed by atoms with Crippen molar-refractivity contribution in [2.45, 2.75) is 39.5 Å². The van der Waals surface area contributed by atoms with Gasteiger partial charge in [0.05, 0.1) is 26.2 Å². The first-order valence-electron chi connectivity index (χ1n) is 7.87. The lowest BCUT2D eigenvalue weighted by Crippen LogP contribution is -3.13. The highest BCUT2D eigenvalue weighted by Crippen LogP contribution is 2.21. The fraction of sp³-hybridized carbons (Fsp3) is 0.647. The summed E-state index contributed by atoms with van der Waals surface area (Å²) in [5.41, 5.74) is 1.08. The van der Waals surface area contributed by atoms with Crippen LogP contribution in [0, 0.1) is 12.8 Å². The average molecular weight is 297 g/mol. The second-order valence-electron chi connectivity index (χ2n) is 6.15. The van der Waals surface area contributed by atoms with Crippen LogP contribution in [0.25, 0.3) is 0 Å². The van der Waals surface area contributed by atoms with Gasteiger partial charge in [0.2, 0.25) is 0 Å². The van der Waals surface area contributed by atoms with Gasteiger partial charge in [-0.2, -0.15) is 0 Å². The zero-order valence-corrected chi connectivity index (χ0v) is 13.5. The summed E-state index contributed by atoms with van der Waals surface area (Å²) in [5, 5.41) is 0.806. The number of hydrogen-bond acceptors (Lipinski definition) is 1. The third-order valence-electron chi connectivity index (χ3n) is 4.30. The van der Waals surface area contributed by atoms with Gasteiger partial charge in [0.1, 0.15) is 5.75 Å².